The van der Waals surface area contributed by atoms with E-state index in [1.165, 1.54) is 18.2 Å². The normalized spacial score (nSPS) is 11.5. The summed E-state index contributed by atoms with van der Waals surface area (Å²) in [7, 11) is -1.87. The molecule has 0 aliphatic rings. The summed E-state index contributed by atoms with van der Waals surface area (Å²) in [6, 6.07) is 9.35. The highest BCUT2D eigenvalue weighted by atomic mass is 35.5. The number of furan rings is 1. The van der Waals surface area contributed by atoms with Crippen molar-refractivity contribution in [3.63, 3.8) is 0 Å². The van der Waals surface area contributed by atoms with Crippen LogP contribution in [0.15, 0.2) is 45.7 Å². The van der Waals surface area contributed by atoms with Crippen LogP contribution in [0.1, 0.15) is 16.1 Å². The number of benzene rings is 2. The van der Waals surface area contributed by atoms with Crippen molar-refractivity contribution in [2.45, 2.75) is 11.8 Å². The molecule has 1 heterocycles. The number of aryl methyl sites for hydroxylation is 1. The summed E-state index contributed by atoms with van der Waals surface area (Å²) < 4.78 is 34.2. The van der Waals surface area contributed by atoms with Crippen molar-refractivity contribution in [3.8, 4) is 5.75 Å². The molecule has 3 aromatic rings. The summed E-state index contributed by atoms with van der Waals surface area (Å²) >= 11 is 6.08. The Hall–Kier alpha value is -2.51. The van der Waals surface area contributed by atoms with Crippen molar-refractivity contribution >= 4 is 44.0 Å². The predicted octanol–water partition coefficient (Wildman–Crippen LogP) is 4.06. The van der Waals surface area contributed by atoms with Crippen LogP contribution >= 0.6 is 11.6 Å². The van der Waals surface area contributed by atoms with Crippen LogP contribution in [0.4, 0.5) is 5.69 Å². The molecule has 0 saturated heterocycles. The lowest BCUT2D eigenvalue weighted by Gasteiger charge is -2.08. The molecule has 0 fully saturated rings. The summed E-state index contributed by atoms with van der Waals surface area (Å²) in [6.45, 7) is 1.76. The van der Waals surface area contributed by atoms with Crippen molar-refractivity contribution in [1.29, 1.82) is 0 Å². The molecule has 0 saturated carbocycles. The van der Waals surface area contributed by atoms with Gasteiger partial charge in [-0.2, -0.15) is 0 Å². The van der Waals surface area contributed by atoms with Crippen molar-refractivity contribution in [2.75, 3.05) is 18.7 Å². The van der Waals surface area contributed by atoms with Gasteiger partial charge < -0.3 is 14.5 Å². The van der Waals surface area contributed by atoms with Crippen molar-refractivity contribution in [3.05, 3.63) is 52.7 Å². The molecule has 0 aliphatic heterocycles. The first-order chi connectivity index (χ1) is 12.2. The largest absolute Gasteiger partial charge is 0.497 e. The van der Waals surface area contributed by atoms with Gasteiger partial charge in [0.1, 0.15) is 11.3 Å². The van der Waals surface area contributed by atoms with E-state index in [1.807, 2.05) is 0 Å². The average Bonchev–Trinajstić information content (AvgIpc) is 2.92. The first-order valence-corrected chi connectivity index (χ1v) is 9.85. The Balaban J connectivity index is 1.98. The molecule has 26 heavy (non-hydrogen) atoms. The minimum absolute atomic E-state index is 0.0586. The molecule has 3 rings (SSSR count). The van der Waals surface area contributed by atoms with Gasteiger partial charge in [0.15, 0.2) is 15.6 Å². The molecule has 0 unspecified atom stereocenters. The molecule has 0 aliphatic carbocycles. The molecule has 0 spiro atoms. The topological polar surface area (TPSA) is 85.6 Å². The highest BCUT2D eigenvalue weighted by Crippen LogP contribution is 2.30. The van der Waals surface area contributed by atoms with Crippen LogP contribution < -0.4 is 10.1 Å². The Morgan fingerprint density at radius 2 is 1.92 bits per heavy atom. The molecule has 1 aromatic heterocycles. The van der Waals surface area contributed by atoms with Crippen LogP contribution in [0.2, 0.25) is 5.02 Å². The summed E-state index contributed by atoms with van der Waals surface area (Å²) in [6.07, 6.45) is 1.08. The number of sulfone groups is 1. The quantitative estimate of drug-likeness (QED) is 0.722. The number of hydrogen-bond acceptors (Lipinski definition) is 5. The van der Waals surface area contributed by atoms with Crippen molar-refractivity contribution < 1.29 is 22.4 Å². The minimum atomic E-state index is -3.43. The summed E-state index contributed by atoms with van der Waals surface area (Å²) in [4.78, 5) is 12.7. The number of hydrogen-bond donors (Lipinski definition) is 1. The van der Waals surface area contributed by atoms with Crippen LogP contribution in [-0.2, 0) is 9.84 Å². The van der Waals surface area contributed by atoms with E-state index in [0.29, 0.717) is 16.9 Å². The molecule has 136 valence electrons. The average molecular weight is 394 g/mol. The SMILES string of the molecule is COc1ccc2oc(C(=O)Nc3cc(S(C)(=O)=O)ccc3Cl)c(C)c2c1. The molecule has 0 bridgehead atoms. The fraction of sp³-hybridized carbons (Fsp3) is 0.167. The van der Waals surface area contributed by atoms with Crippen LogP contribution in [0.3, 0.4) is 0 Å². The van der Waals surface area contributed by atoms with Crippen LogP contribution in [-0.4, -0.2) is 27.7 Å². The van der Waals surface area contributed by atoms with Gasteiger partial charge in [-0.05, 0) is 43.3 Å². The lowest BCUT2D eigenvalue weighted by molar-refractivity contribution is 0.0998. The zero-order chi connectivity index (χ0) is 19.1. The number of nitrogens with one attached hydrogen (secondary N) is 1. The summed E-state index contributed by atoms with van der Waals surface area (Å²) in [5.74, 6) is 0.247. The van der Waals surface area contributed by atoms with E-state index in [-0.39, 0.29) is 21.4 Å². The van der Waals surface area contributed by atoms with Gasteiger partial charge in [-0.3, -0.25) is 4.79 Å². The maximum Gasteiger partial charge on any atom is 0.291 e. The third-order valence-electron chi connectivity index (χ3n) is 3.96. The first-order valence-electron chi connectivity index (χ1n) is 7.59. The molecule has 0 atom stereocenters. The summed E-state index contributed by atoms with van der Waals surface area (Å²) in [5, 5.41) is 3.59. The minimum Gasteiger partial charge on any atom is -0.497 e. The Kier molecular flexibility index (Phi) is 4.68. The van der Waals surface area contributed by atoms with Gasteiger partial charge in [-0.1, -0.05) is 11.6 Å². The second-order valence-electron chi connectivity index (χ2n) is 5.79. The molecule has 6 nitrogen and oxygen atoms in total. The molecular formula is C18H16ClNO5S. The Morgan fingerprint density at radius 1 is 1.19 bits per heavy atom. The van der Waals surface area contributed by atoms with Gasteiger partial charge in [-0.15, -0.1) is 0 Å². The Bertz CT molecular complexity index is 1120. The molecular weight excluding hydrogens is 378 g/mol. The van der Waals surface area contributed by atoms with E-state index < -0.39 is 15.7 Å². The maximum atomic E-state index is 12.6. The third-order valence-corrected chi connectivity index (χ3v) is 5.40. The van der Waals surface area contributed by atoms with Crippen molar-refractivity contribution in [1.82, 2.24) is 0 Å². The van der Waals surface area contributed by atoms with Crippen molar-refractivity contribution in [2.24, 2.45) is 0 Å². The molecule has 2 aromatic carbocycles. The van der Waals surface area contributed by atoms with Crippen LogP contribution in [0.5, 0.6) is 5.75 Å². The zero-order valence-corrected chi connectivity index (χ0v) is 15.9. The number of amides is 1. The standard InChI is InChI=1S/C18H16ClNO5S/c1-10-13-8-11(24-2)4-7-16(13)25-17(10)18(21)20-15-9-12(26(3,22)23)5-6-14(15)19/h4-9H,1-3H3,(H,20,21). The summed E-state index contributed by atoms with van der Waals surface area (Å²) in [5.41, 5.74) is 1.38. The second-order valence-corrected chi connectivity index (χ2v) is 8.21. The Morgan fingerprint density at radius 3 is 2.58 bits per heavy atom. The first kappa shape index (κ1) is 18.3. The lowest BCUT2D eigenvalue weighted by atomic mass is 10.1. The highest BCUT2D eigenvalue weighted by molar-refractivity contribution is 7.90. The monoisotopic (exact) mass is 393 g/mol. The van der Waals surface area contributed by atoms with Crippen LogP contribution in [0.25, 0.3) is 11.0 Å². The van der Waals surface area contributed by atoms with Gasteiger partial charge in [0.2, 0.25) is 0 Å². The number of halogens is 1. The number of rotatable bonds is 4. The zero-order valence-electron chi connectivity index (χ0n) is 14.3. The molecule has 1 amide bonds. The smallest absolute Gasteiger partial charge is 0.291 e. The molecule has 0 radical (unpaired) electrons. The van der Waals surface area contributed by atoms with E-state index in [9.17, 15) is 13.2 Å². The predicted molar refractivity (Wildman–Crippen MR) is 100 cm³/mol. The van der Waals surface area contributed by atoms with Gasteiger partial charge in [0, 0.05) is 17.2 Å². The van der Waals surface area contributed by atoms with Gasteiger partial charge in [0.05, 0.1) is 22.7 Å². The second kappa shape index (κ2) is 6.66. The highest BCUT2D eigenvalue weighted by Gasteiger charge is 2.20. The third kappa shape index (κ3) is 3.40. The van der Waals surface area contributed by atoms with E-state index in [4.69, 9.17) is 20.8 Å². The lowest BCUT2D eigenvalue weighted by Crippen LogP contribution is -2.13. The fourth-order valence-electron chi connectivity index (χ4n) is 2.55. The number of methoxy groups -OCH3 is 1. The van der Waals surface area contributed by atoms with E-state index in [0.717, 1.165) is 11.6 Å². The van der Waals surface area contributed by atoms with E-state index >= 15 is 0 Å². The number of ether oxygens (including phenoxy) is 1. The Labute approximate surface area is 155 Å². The number of carbonyl (C=O) groups is 1. The van der Waals surface area contributed by atoms with E-state index in [1.54, 1.807) is 32.2 Å². The fourth-order valence-corrected chi connectivity index (χ4v) is 3.37. The number of fused-ring (bicyclic) bond motifs is 1. The maximum absolute atomic E-state index is 12.6. The van der Waals surface area contributed by atoms with Gasteiger partial charge in [0.25, 0.3) is 5.91 Å². The van der Waals surface area contributed by atoms with Gasteiger partial charge in [-0.25, -0.2) is 8.42 Å². The molecule has 1 N–H and O–H groups in total. The number of anilines is 1. The van der Waals surface area contributed by atoms with Gasteiger partial charge >= 0.3 is 0 Å². The number of carbonyl (C=O) groups excluding carboxylic acids is 1. The molecule has 8 heteroatoms. The van der Waals surface area contributed by atoms with E-state index in [2.05, 4.69) is 5.32 Å². The van der Waals surface area contributed by atoms with Crippen LogP contribution in [0, 0.1) is 6.92 Å².